The summed E-state index contributed by atoms with van der Waals surface area (Å²) in [5.74, 6) is 0.0623. The van der Waals surface area contributed by atoms with Crippen LogP contribution in [0, 0.1) is 5.92 Å². The highest BCUT2D eigenvalue weighted by atomic mass is 32.1. The van der Waals surface area contributed by atoms with E-state index >= 15 is 0 Å². The molecule has 3 aliphatic rings. The van der Waals surface area contributed by atoms with Gasteiger partial charge in [0.15, 0.2) is 0 Å². The molecule has 1 aliphatic carbocycles. The zero-order valence-corrected chi connectivity index (χ0v) is 19.9. The summed E-state index contributed by atoms with van der Waals surface area (Å²) in [5.41, 5.74) is 1.98. The van der Waals surface area contributed by atoms with E-state index in [1.165, 1.54) is 0 Å². The quantitative estimate of drug-likeness (QED) is 0.595. The molecule has 0 bridgehead atoms. The maximum atomic E-state index is 13.6. The van der Waals surface area contributed by atoms with Crippen LogP contribution < -0.4 is 0 Å². The molecule has 5 rings (SSSR count). The van der Waals surface area contributed by atoms with Crippen LogP contribution in [0.2, 0.25) is 0 Å². The largest absolute Gasteiger partial charge is 0.379 e. The molecule has 33 heavy (non-hydrogen) atoms. The van der Waals surface area contributed by atoms with E-state index in [0.717, 1.165) is 62.0 Å². The Balaban J connectivity index is 1.33. The molecule has 1 atom stereocenters. The van der Waals surface area contributed by atoms with Gasteiger partial charge in [0.2, 0.25) is 5.91 Å². The van der Waals surface area contributed by atoms with Gasteiger partial charge in [-0.15, -0.1) is 11.3 Å². The van der Waals surface area contributed by atoms with Crippen molar-refractivity contribution in [3.05, 3.63) is 46.4 Å². The molecular weight excluding hydrogens is 438 g/mol. The van der Waals surface area contributed by atoms with Crippen molar-refractivity contribution in [2.24, 2.45) is 18.1 Å². The third-order valence-electron chi connectivity index (χ3n) is 6.65. The molecule has 2 fully saturated rings. The lowest BCUT2D eigenvalue weighted by Gasteiger charge is -2.31. The lowest BCUT2D eigenvalue weighted by atomic mass is 10.1. The predicted octanol–water partition coefficient (Wildman–Crippen LogP) is 2.34. The molecule has 2 amide bonds. The van der Waals surface area contributed by atoms with Gasteiger partial charge < -0.3 is 14.2 Å². The van der Waals surface area contributed by atoms with Gasteiger partial charge >= 0.3 is 0 Å². The molecule has 0 N–H and O–H groups in total. The summed E-state index contributed by atoms with van der Waals surface area (Å²) in [5, 5.41) is 8.41. The number of hydrazone groups is 1. The Labute approximate surface area is 198 Å². The number of morpholine rings is 1. The van der Waals surface area contributed by atoms with Gasteiger partial charge in [-0.05, 0) is 36.4 Å². The molecule has 2 aliphatic heterocycles. The number of carbonyl (C=O) groups is 2. The van der Waals surface area contributed by atoms with Gasteiger partial charge in [-0.3, -0.25) is 14.5 Å². The first-order valence-corrected chi connectivity index (χ1v) is 12.6. The minimum Gasteiger partial charge on any atom is -0.379 e. The topological polar surface area (TPSA) is 70.4 Å². The normalized spacial score (nSPS) is 21.3. The number of hydrogen-bond acceptors (Lipinski definition) is 6. The number of thiophene rings is 1. The Morgan fingerprint density at radius 3 is 2.70 bits per heavy atom. The molecule has 9 heteroatoms. The average molecular weight is 470 g/mol. The van der Waals surface area contributed by atoms with Gasteiger partial charge in [0, 0.05) is 57.5 Å². The third kappa shape index (κ3) is 5.05. The highest BCUT2D eigenvalue weighted by molar-refractivity contribution is 7.12. The van der Waals surface area contributed by atoms with Crippen molar-refractivity contribution in [1.82, 2.24) is 19.4 Å². The second-order valence-corrected chi connectivity index (χ2v) is 9.96. The number of nitrogens with zero attached hydrogens (tertiary/aromatic N) is 5. The zero-order valence-electron chi connectivity index (χ0n) is 19.1. The Hall–Kier alpha value is -2.49. The van der Waals surface area contributed by atoms with Crippen molar-refractivity contribution in [3.8, 4) is 0 Å². The SMILES string of the molecule is Cn1cccc1[C@@H]1CC(c2cccs2)=NN1C(=O)CN(CCN1CCOCC1)C(=O)C1CC1. The van der Waals surface area contributed by atoms with Crippen LogP contribution in [0.25, 0.3) is 0 Å². The molecule has 0 aromatic carbocycles. The van der Waals surface area contributed by atoms with Crippen molar-refractivity contribution in [2.45, 2.75) is 25.3 Å². The number of aromatic nitrogens is 1. The van der Waals surface area contributed by atoms with E-state index in [9.17, 15) is 9.59 Å². The third-order valence-corrected chi connectivity index (χ3v) is 7.57. The van der Waals surface area contributed by atoms with Gasteiger partial charge in [-0.25, -0.2) is 5.01 Å². The number of carbonyl (C=O) groups excluding carboxylic acids is 2. The predicted molar refractivity (Wildman–Crippen MR) is 127 cm³/mol. The Kier molecular flexibility index (Phi) is 6.62. The zero-order chi connectivity index (χ0) is 22.8. The van der Waals surface area contributed by atoms with E-state index in [1.54, 1.807) is 21.2 Å². The summed E-state index contributed by atoms with van der Waals surface area (Å²) in [4.78, 5) is 31.7. The molecule has 176 valence electrons. The molecule has 1 saturated carbocycles. The summed E-state index contributed by atoms with van der Waals surface area (Å²) in [6.07, 6.45) is 4.52. The minimum absolute atomic E-state index is 0.0712. The summed E-state index contributed by atoms with van der Waals surface area (Å²) in [6, 6.07) is 7.93. The van der Waals surface area contributed by atoms with Gasteiger partial charge in [-0.2, -0.15) is 5.10 Å². The van der Waals surface area contributed by atoms with E-state index in [-0.39, 0.29) is 30.3 Å². The number of hydrogen-bond donors (Lipinski definition) is 0. The maximum Gasteiger partial charge on any atom is 0.262 e. The van der Waals surface area contributed by atoms with Crippen molar-refractivity contribution < 1.29 is 14.3 Å². The molecule has 4 heterocycles. The Bertz CT molecular complexity index is 1010. The molecule has 2 aromatic heterocycles. The standard InChI is InChI=1S/C24H31N5O3S/c1-26-8-2-4-20(26)21-16-19(22-5-3-15-33-22)25-29(21)23(30)17-28(24(31)18-6-7-18)10-9-27-11-13-32-14-12-27/h2-5,8,15,18,21H,6-7,9-14,16-17H2,1H3/t21-/m0/s1. The Morgan fingerprint density at radius 2 is 2.03 bits per heavy atom. The first kappa shape index (κ1) is 22.3. The monoisotopic (exact) mass is 469 g/mol. The van der Waals surface area contributed by atoms with Crippen LogP contribution in [0.3, 0.4) is 0 Å². The highest BCUT2D eigenvalue weighted by Crippen LogP contribution is 2.35. The van der Waals surface area contributed by atoms with E-state index in [2.05, 4.69) is 4.90 Å². The lowest BCUT2D eigenvalue weighted by molar-refractivity contribution is -0.142. The second kappa shape index (κ2) is 9.79. The van der Waals surface area contributed by atoms with Crippen LogP contribution in [0.4, 0.5) is 0 Å². The van der Waals surface area contributed by atoms with Crippen molar-refractivity contribution in [2.75, 3.05) is 45.9 Å². The second-order valence-electron chi connectivity index (χ2n) is 9.01. The first-order valence-electron chi connectivity index (χ1n) is 11.7. The summed E-state index contributed by atoms with van der Waals surface area (Å²) < 4.78 is 7.48. The van der Waals surface area contributed by atoms with Crippen molar-refractivity contribution >= 4 is 28.9 Å². The fourth-order valence-corrected chi connectivity index (χ4v) is 5.28. The van der Waals surface area contributed by atoms with Gasteiger partial charge in [0.25, 0.3) is 5.91 Å². The maximum absolute atomic E-state index is 13.6. The number of rotatable bonds is 8. The van der Waals surface area contributed by atoms with Crippen molar-refractivity contribution in [1.29, 1.82) is 0 Å². The molecule has 0 radical (unpaired) electrons. The Morgan fingerprint density at radius 1 is 1.21 bits per heavy atom. The van der Waals surface area contributed by atoms with E-state index in [4.69, 9.17) is 9.84 Å². The molecule has 8 nitrogen and oxygen atoms in total. The molecule has 1 saturated heterocycles. The minimum atomic E-state index is -0.160. The molecule has 0 unspecified atom stereocenters. The van der Waals surface area contributed by atoms with Crippen LogP contribution in [0.1, 0.15) is 35.9 Å². The molecular formula is C24H31N5O3S. The summed E-state index contributed by atoms with van der Waals surface area (Å²) >= 11 is 1.64. The van der Waals surface area contributed by atoms with Crippen LogP contribution >= 0.6 is 11.3 Å². The fourth-order valence-electron chi connectivity index (χ4n) is 4.56. The van der Waals surface area contributed by atoms with Gasteiger partial charge in [0.1, 0.15) is 12.6 Å². The van der Waals surface area contributed by atoms with E-state index in [0.29, 0.717) is 13.0 Å². The smallest absolute Gasteiger partial charge is 0.262 e. The van der Waals surface area contributed by atoms with Crippen LogP contribution in [0.15, 0.2) is 40.9 Å². The molecule has 2 aromatic rings. The number of ether oxygens (including phenoxy) is 1. The van der Waals surface area contributed by atoms with Gasteiger partial charge in [0.05, 0.1) is 23.8 Å². The number of aryl methyl sites for hydroxylation is 1. The van der Waals surface area contributed by atoms with E-state index < -0.39 is 0 Å². The van der Waals surface area contributed by atoms with Crippen molar-refractivity contribution in [3.63, 3.8) is 0 Å². The fraction of sp³-hybridized carbons (Fsp3) is 0.542. The molecule has 0 spiro atoms. The summed E-state index contributed by atoms with van der Waals surface area (Å²) in [6.45, 7) is 4.59. The highest BCUT2D eigenvalue weighted by Gasteiger charge is 2.38. The van der Waals surface area contributed by atoms with E-state index in [1.807, 2.05) is 47.5 Å². The lowest BCUT2D eigenvalue weighted by Crippen LogP contribution is -2.47. The first-order chi connectivity index (χ1) is 16.1. The van der Waals surface area contributed by atoms with Crippen LogP contribution in [-0.2, 0) is 21.4 Å². The number of amides is 2. The summed E-state index contributed by atoms with van der Waals surface area (Å²) in [7, 11) is 1.99. The van der Waals surface area contributed by atoms with Crippen LogP contribution in [0.5, 0.6) is 0 Å². The average Bonchev–Trinajstić information content (AvgIpc) is 3.18. The van der Waals surface area contributed by atoms with Crippen LogP contribution in [-0.4, -0.2) is 82.8 Å². The van der Waals surface area contributed by atoms with Gasteiger partial charge in [-0.1, -0.05) is 6.07 Å².